The van der Waals surface area contributed by atoms with E-state index in [1.54, 1.807) is 0 Å². The molecule has 0 radical (unpaired) electrons. The van der Waals surface area contributed by atoms with E-state index in [4.69, 9.17) is 0 Å². The fourth-order valence-corrected chi connectivity index (χ4v) is 1.26. The number of esters is 1. The highest BCUT2D eigenvalue weighted by molar-refractivity contribution is 5.94. The van der Waals surface area contributed by atoms with Gasteiger partial charge < -0.3 is 15.4 Å². The summed E-state index contributed by atoms with van der Waals surface area (Å²) in [6, 6.07) is 0.164. The van der Waals surface area contributed by atoms with E-state index in [0.717, 1.165) is 19.5 Å². The van der Waals surface area contributed by atoms with Crippen LogP contribution >= 0.6 is 0 Å². The lowest BCUT2D eigenvalue weighted by Gasteiger charge is -2.09. The summed E-state index contributed by atoms with van der Waals surface area (Å²) in [7, 11) is 1.27. The van der Waals surface area contributed by atoms with Gasteiger partial charge in [-0.3, -0.25) is 9.59 Å². The molecule has 5 nitrogen and oxygen atoms in total. The summed E-state index contributed by atoms with van der Waals surface area (Å²) in [5.74, 6) is -0.760. The smallest absolute Gasteiger partial charge is 0.315 e. The lowest BCUT2D eigenvalue weighted by Crippen LogP contribution is -2.37. The second kappa shape index (κ2) is 4.81. The van der Waals surface area contributed by atoms with Crippen molar-refractivity contribution in [3.8, 4) is 0 Å². The molecule has 1 unspecified atom stereocenters. The predicted molar refractivity (Wildman–Crippen MR) is 46.1 cm³/mol. The topological polar surface area (TPSA) is 67.4 Å². The van der Waals surface area contributed by atoms with Crippen molar-refractivity contribution in [3.05, 3.63) is 0 Å². The molecule has 0 aromatic heterocycles. The molecule has 74 valence electrons. The molecule has 0 aromatic carbocycles. The Morgan fingerprint density at radius 3 is 2.92 bits per heavy atom. The number of hydrogen-bond acceptors (Lipinski definition) is 4. The number of hydrogen-bond donors (Lipinski definition) is 2. The maximum absolute atomic E-state index is 11.1. The summed E-state index contributed by atoms with van der Waals surface area (Å²) in [6.45, 7) is 1.70. The van der Waals surface area contributed by atoms with Crippen LogP contribution in [0, 0.1) is 0 Å². The molecule has 1 fully saturated rings. The number of rotatable bonds is 3. The fourth-order valence-electron chi connectivity index (χ4n) is 1.26. The van der Waals surface area contributed by atoms with Crippen LogP contribution in [0.25, 0.3) is 0 Å². The molecule has 1 atom stereocenters. The maximum atomic E-state index is 11.1. The van der Waals surface area contributed by atoms with Crippen molar-refractivity contribution in [2.45, 2.75) is 18.9 Å². The molecule has 0 saturated carbocycles. The zero-order valence-corrected chi connectivity index (χ0v) is 7.63. The minimum absolute atomic E-state index is 0.164. The number of methoxy groups -OCH3 is 1. The Kier molecular flexibility index (Phi) is 3.70. The first kappa shape index (κ1) is 9.98. The van der Waals surface area contributed by atoms with E-state index in [0.29, 0.717) is 0 Å². The van der Waals surface area contributed by atoms with Crippen LogP contribution in [-0.4, -0.2) is 38.1 Å². The summed E-state index contributed by atoms with van der Waals surface area (Å²) in [4.78, 5) is 21.8. The van der Waals surface area contributed by atoms with E-state index < -0.39 is 5.97 Å². The molecule has 1 aliphatic rings. The third kappa shape index (κ3) is 3.42. The largest absolute Gasteiger partial charge is 0.469 e. The molecule has 1 rings (SSSR count). The van der Waals surface area contributed by atoms with E-state index in [-0.39, 0.29) is 18.4 Å². The molecule has 2 N–H and O–H groups in total. The Morgan fingerprint density at radius 1 is 1.62 bits per heavy atom. The van der Waals surface area contributed by atoms with Crippen LogP contribution in [0.1, 0.15) is 12.8 Å². The van der Waals surface area contributed by atoms with Crippen LogP contribution in [0.2, 0.25) is 0 Å². The van der Waals surface area contributed by atoms with E-state index in [9.17, 15) is 9.59 Å². The highest BCUT2D eigenvalue weighted by Gasteiger charge is 2.18. The van der Waals surface area contributed by atoms with E-state index in [1.165, 1.54) is 7.11 Å². The lowest BCUT2D eigenvalue weighted by atomic mass is 10.2. The Balaban J connectivity index is 2.20. The van der Waals surface area contributed by atoms with Crippen molar-refractivity contribution in [2.75, 3.05) is 20.2 Å². The molecular formula is C8H14N2O3. The Morgan fingerprint density at radius 2 is 2.38 bits per heavy atom. The minimum Gasteiger partial charge on any atom is -0.469 e. The molecular weight excluding hydrogens is 172 g/mol. The van der Waals surface area contributed by atoms with Gasteiger partial charge in [-0.25, -0.2) is 0 Å². The molecule has 0 spiro atoms. The van der Waals surface area contributed by atoms with Gasteiger partial charge in [0.2, 0.25) is 5.91 Å². The summed E-state index contributed by atoms with van der Waals surface area (Å²) >= 11 is 0. The molecule has 1 amide bonds. The average molecular weight is 186 g/mol. The van der Waals surface area contributed by atoms with Crippen LogP contribution in [-0.2, 0) is 14.3 Å². The number of carbonyl (C=O) groups is 2. The first-order valence-corrected chi connectivity index (χ1v) is 4.29. The minimum atomic E-state index is -0.497. The molecule has 0 bridgehead atoms. The maximum Gasteiger partial charge on any atom is 0.315 e. The summed E-state index contributed by atoms with van der Waals surface area (Å²) in [5, 5.41) is 5.86. The van der Waals surface area contributed by atoms with Gasteiger partial charge in [-0.15, -0.1) is 0 Å². The monoisotopic (exact) mass is 186 g/mol. The zero-order valence-electron chi connectivity index (χ0n) is 7.63. The summed E-state index contributed by atoms with van der Waals surface area (Å²) in [5.41, 5.74) is 0. The van der Waals surface area contributed by atoms with Gasteiger partial charge in [-0.05, 0) is 13.0 Å². The standard InChI is InChI=1S/C8H14N2O3/c1-13-8(12)4-7(11)10-6-2-3-9-5-6/h6,9H,2-5H2,1H3,(H,10,11). The van der Waals surface area contributed by atoms with E-state index >= 15 is 0 Å². The third-order valence-corrected chi connectivity index (χ3v) is 1.96. The van der Waals surface area contributed by atoms with E-state index in [1.807, 2.05) is 0 Å². The molecule has 1 aliphatic heterocycles. The molecule has 0 aliphatic carbocycles. The van der Waals surface area contributed by atoms with Gasteiger partial charge in [0.05, 0.1) is 7.11 Å². The number of nitrogens with one attached hydrogen (secondary N) is 2. The second-order valence-corrected chi connectivity index (χ2v) is 3.01. The summed E-state index contributed by atoms with van der Waals surface area (Å²) < 4.78 is 4.37. The lowest BCUT2D eigenvalue weighted by molar-refractivity contribution is -0.143. The first-order valence-electron chi connectivity index (χ1n) is 4.29. The van der Waals surface area contributed by atoms with Crippen LogP contribution in [0.3, 0.4) is 0 Å². The van der Waals surface area contributed by atoms with Crippen molar-refractivity contribution >= 4 is 11.9 Å². The van der Waals surface area contributed by atoms with Crippen LogP contribution in [0.15, 0.2) is 0 Å². The molecule has 13 heavy (non-hydrogen) atoms. The SMILES string of the molecule is COC(=O)CC(=O)NC1CCNC1. The van der Waals surface area contributed by atoms with Gasteiger partial charge in [-0.1, -0.05) is 0 Å². The number of carbonyl (C=O) groups excluding carboxylic acids is 2. The van der Waals surface area contributed by atoms with Crippen LogP contribution in [0.4, 0.5) is 0 Å². The van der Waals surface area contributed by atoms with Crippen molar-refractivity contribution in [3.63, 3.8) is 0 Å². The van der Waals surface area contributed by atoms with Gasteiger partial charge >= 0.3 is 5.97 Å². The molecule has 0 aromatic rings. The van der Waals surface area contributed by atoms with Crippen LogP contribution in [0.5, 0.6) is 0 Å². The van der Waals surface area contributed by atoms with Crippen LogP contribution < -0.4 is 10.6 Å². The fraction of sp³-hybridized carbons (Fsp3) is 0.750. The molecule has 5 heteroatoms. The van der Waals surface area contributed by atoms with E-state index in [2.05, 4.69) is 15.4 Å². The van der Waals surface area contributed by atoms with Gasteiger partial charge in [-0.2, -0.15) is 0 Å². The Bertz CT molecular complexity index is 200. The molecule has 1 saturated heterocycles. The predicted octanol–water partition coefficient (Wildman–Crippen LogP) is -0.972. The van der Waals surface area contributed by atoms with Crippen molar-refractivity contribution in [2.24, 2.45) is 0 Å². The quantitative estimate of drug-likeness (QED) is 0.439. The molecule has 1 heterocycles. The summed E-state index contributed by atoms with van der Waals surface area (Å²) in [6.07, 6.45) is 0.736. The van der Waals surface area contributed by atoms with Gasteiger partial charge in [0.25, 0.3) is 0 Å². The van der Waals surface area contributed by atoms with Gasteiger partial charge in [0.15, 0.2) is 0 Å². The number of ether oxygens (including phenoxy) is 1. The van der Waals surface area contributed by atoms with Gasteiger partial charge in [0.1, 0.15) is 6.42 Å². The Hall–Kier alpha value is -1.10. The third-order valence-electron chi connectivity index (χ3n) is 1.96. The second-order valence-electron chi connectivity index (χ2n) is 3.01. The normalized spacial score (nSPS) is 21.2. The van der Waals surface area contributed by atoms with Gasteiger partial charge in [0, 0.05) is 12.6 Å². The zero-order chi connectivity index (χ0) is 9.68. The average Bonchev–Trinajstić information content (AvgIpc) is 2.56. The van der Waals surface area contributed by atoms with Crippen molar-refractivity contribution in [1.29, 1.82) is 0 Å². The highest BCUT2D eigenvalue weighted by atomic mass is 16.5. The highest BCUT2D eigenvalue weighted by Crippen LogP contribution is 1.97. The van der Waals surface area contributed by atoms with Crippen molar-refractivity contribution in [1.82, 2.24) is 10.6 Å². The first-order chi connectivity index (χ1) is 6.22. The number of amides is 1. The van der Waals surface area contributed by atoms with Crippen molar-refractivity contribution < 1.29 is 14.3 Å². The Labute approximate surface area is 76.8 Å².